The lowest BCUT2D eigenvalue weighted by atomic mass is 9.95. The van der Waals surface area contributed by atoms with Crippen LogP contribution < -0.4 is 10.1 Å². The summed E-state index contributed by atoms with van der Waals surface area (Å²) in [7, 11) is 0. The van der Waals surface area contributed by atoms with Crippen LogP contribution in [0, 0.1) is 0 Å². The van der Waals surface area contributed by atoms with Crippen LogP contribution in [0.1, 0.15) is 52.4 Å². The van der Waals surface area contributed by atoms with Crippen LogP contribution in [0.25, 0.3) is 11.1 Å². The first kappa shape index (κ1) is 19.9. The number of rotatable bonds is 7. The number of nitrogens with zero attached hydrogens (tertiary/aromatic N) is 1. The zero-order valence-electron chi connectivity index (χ0n) is 17.1. The number of fused-ring (bicyclic) bond motifs is 1. The third kappa shape index (κ3) is 4.13. The zero-order chi connectivity index (χ0) is 21.1. The molecular formula is C24H24N2O4. The van der Waals surface area contributed by atoms with Crippen LogP contribution in [0.4, 0.5) is 0 Å². The van der Waals surface area contributed by atoms with E-state index in [2.05, 4.69) is 16.5 Å². The second-order valence-corrected chi connectivity index (χ2v) is 7.51. The van der Waals surface area contributed by atoms with Crippen molar-refractivity contribution in [2.75, 3.05) is 6.54 Å². The van der Waals surface area contributed by atoms with Crippen molar-refractivity contribution in [1.82, 2.24) is 10.5 Å². The molecule has 2 heterocycles. The number of ketones is 1. The van der Waals surface area contributed by atoms with Crippen LogP contribution in [-0.2, 0) is 12.8 Å². The monoisotopic (exact) mass is 404 g/mol. The molecule has 0 bridgehead atoms. The molecule has 4 rings (SSSR count). The highest BCUT2D eigenvalue weighted by molar-refractivity contribution is 6.00. The van der Waals surface area contributed by atoms with E-state index in [0.29, 0.717) is 24.3 Å². The van der Waals surface area contributed by atoms with Gasteiger partial charge in [-0.25, -0.2) is 0 Å². The molecule has 30 heavy (non-hydrogen) atoms. The molecule has 1 unspecified atom stereocenters. The van der Waals surface area contributed by atoms with Crippen LogP contribution in [0.5, 0.6) is 5.75 Å². The number of amides is 1. The minimum Gasteiger partial charge on any atom is -0.488 e. The van der Waals surface area contributed by atoms with Crippen LogP contribution in [0.2, 0.25) is 0 Å². The summed E-state index contributed by atoms with van der Waals surface area (Å²) in [4.78, 5) is 24.3. The molecule has 0 spiro atoms. The third-order valence-electron chi connectivity index (χ3n) is 5.20. The number of nitrogens with one attached hydrogen (secondary N) is 1. The van der Waals surface area contributed by atoms with Crippen molar-refractivity contribution in [3.63, 3.8) is 0 Å². The Morgan fingerprint density at radius 3 is 2.80 bits per heavy atom. The molecular weight excluding hydrogens is 380 g/mol. The first-order chi connectivity index (χ1) is 14.5. The lowest BCUT2D eigenvalue weighted by molar-refractivity contribution is 0.0923. The molecule has 1 aliphatic rings. The van der Waals surface area contributed by atoms with Crippen LogP contribution >= 0.6 is 0 Å². The zero-order valence-corrected chi connectivity index (χ0v) is 17.1. The van der Waals surface area contributed by atoms with E-state index in [1.165, 1.54) is 0 Å². The SMILES string of the molecule is CCCc1cc(C(=O)NCC2Cc3cc(-c4ccccc4C(C)=O)ccc3O2)no1. The van der Waals surface area contributed by atoms with Crippen molar-refractivity contribution < 1.29 is 18.8 Å². The molecule has 154 valence electrons. The van der Waals surface area contributed by atoms with Gasteiger partial charge in [-0.15, -0.1) is 0 Å². The maximum absolute atomic E-state index is 12.3. The van der Waals surface area contributed by atoms with Crippen molar-refractivity contribution in [3.05, 3.63) is 71.1 Å². The average Bonchev–Trinajstić information content (AvgIpc) is 3.38. The van der Waals surface area contributed by atoms with Gasteiger partial charge in [0.2, 0.25) is 0 Å². The number of ether oxygens (including phenoxy) is 1. The van der Waals surface area contributed by atoms with E-state index in [0.717, 1.165) is 35.3 Å². The Hall–Kier alpha value is -3.41. The number of hydrogen-bond donors (Lipinski definition) is 1. The fraction of sp³-hybridized carbons (Fsp3) is 0.292. The molecule has 1 atom stereocenters. The Balaban J connectivity index is 1.41. The van der Waals surface area contributed by atoms with E-state index in [1.54, 1.807) is 13.0 Å². The quantitative estimate of drug-likeness (QED) is 0.596. The van der Waals surface area contributed by atoms with Gasteiger partial charge in [0.25, 0.3) is 5.91 Å². The van der Waals surface area contributed by atoms with Gasteiger partial charge in [-0.2, -0.15) is 0 Å². The molecule has 3 aromatic rings. The summed E-state index contributed by atoms with van der Waals surface area (Å²) in [5.74, 6) is 1.30. The highest BCUT2D eigenvalue weighted by Crippen LogP contribution is 2.34. The molecule has 6 heteroatoms. The normalized spacial score (nSPS) is 14.8. The van der Waals surface area contributed by atoms with E-state index in [-0.39, 0.29) is 23.5 Å². The number of hydrogen-bond acceptors (Lipinski definition) is 5. The Labute approximate surface area is 175 Å². The Bertz CT molecular complexity index is 1090. The third-order valence-corrected chi connectivity index (χ3v) is 5.20. The number of Topliss-reactive ketones (excluding diaryl/α,β-unsaturated/α-hetero) is 1. The van der Waals surface area contributed by atoms with Gasteiger partial charge >= 0.3 is 0 Å². The van der Waals surface area contributed by atoms with Gasteiger partial charge in [-0.05, 0) is 42.2 Å². The molecule has 0 saturated carbocycles. The maximum atomic E-state index is 12.3. The van der Waals surface area contributed by atoms with Gasteiger partial charge in [0.05, 0.1) is 6.54 Å². The summed E-state index contributed by atoms with van der Waals surface area (Å²) in [6.07, 6.45) is 2.23. The fourth-order valence-electron chi connectivity index (χ4n) is 3.72. The van der Waals surface area contributed by atoms with Gasteiger partial charge in [-0.3, -0.25) is 9.59 Å². The van der Waals surface area contributed by atoms with Gasteiger partial charge < -0.3 is 14.6 Å². The fourth-order valence-corrected chi connectivity index (χ4v) is 3.72. The molecule has 0 radical (unpaired) electrons. The second kappa shape index (κ2) is 8.53. The molecule has 0 aliphatic carbocycles. The topological polar surface area (TPSA) is 81.4 Å². The molecule has 1 aliphatic heterocycles. The first-order valence-electron chi connectivity index (χ1n) is 10.2. The average molecular weight is 404 g/mol. The lowest BCUT2D eigenvalue weighted by Gasteiger charge is -2.11. The predicted octanol–water partition coefficient (Wildman–Crippen LogP) is 4.23. The van der Waals surface area contributed by atoms with Crippen LogP contribution in [-0.4, -0.2) is 29.5 Å². The number of carbonyl (C=O) groups is 2. The maximum Gasteiger partial charge on any atom is 0.273 e. The summed E-state index contributed by atoms with van der Waals surface area (Å²) < 4.78 is 11.1. The number of carbonyl (C=O) groups excluding carboxylic acids is 2. The van der Waals surface area contributed by atoms with Crippen molar-refractivity contribution in [1.29, 1.82) is 0 Å². The number of aromatic nitrogens is 1. The molecule has 0 saturated heterocycles. The van der Waals surface area contributed by atoms with Crippen molar-refractivity contribution in [2.24, 2.45) is 0 Å². The highest BCUT2D eigenvalue weighted by atomic mass is 16.5. The van der Waals surface area contributed by atoms with E-state index in [1.807, 2.05) is 43.3 Å². The number of benzene rings is 2. The van der Waals surface area contributed by atoms with Gasteiger partial charge in [-0.1, -0.05) is 42.4 Å². The molecule has 0 fully saturated rings. The largest absolute Gasteiger partial charge is 0.488 e. The van der Waals surface area contributed by atoms with Gasteiger partial charge in [0.1, 0.15) is 17.6 Å². The smallest absolute Gasteiger partial charge is 0.273 e. The van der Waals surface area contributed by atoms with Crippen molar-refractivity contribution in [3.8, 4) is 16.9 Å². The minimum atomic E-state index is -0.267. The standard InChI is InChI=1S/C24H24N2O4/c1-3-6-18-13-22(26-30-18)24(28)25-14-19-12-17-11-16(9-10-23(17)29-19)21-8-5-4-7-20(21)15(2)27/h4-5,7-11,13,19H,3,6,12,14H2,1-2H3,(H,25,28). The molecule has 2 aromatic carbocycles. The Morgan fingerprint density at radius 2 is 2.00 bits per heavy atom. The van der Waals surface area contributed by atoms with Crippen LogP contribution in [0.3, 0.4) is 0 Å². The summed E-state index contributed by atoms with van der Waals surface area (Å²) >= 11 is 0. The molecule has 1 aromatic heterocycles. The lowest BCUT2D eigenvalue weighted by Crippen LogP contribution is -2.34. The van der Waals surface area contributed by atoms with Crippen molar-refractivity contribution in [2.45, 2.75) is 39.2 Å². The van der Waals surface area contributed by atoms with Crippen molar-refractivity contribution >= 4 is 11.7 Å². The van der Waals surface area contributed by atoms with Crippen LogP contribution in [0.15, 0.2) is 53.1 Å². The first-order valence-corrected chi connectivity index (χ1v) is 10.2. The summed E-state index contributed by atoms with van der Waals surface area (Å²) in [6, 6.07) is 15.2. The van der Waals surface area contributed by atoms with E-state index < -0.39 is 0 Å². The summed E-state index contributed by atoms with van der Waals surface area (Å²) in [6.45, 7) is 4.00. The van der Waals surface area contributed by atoms with E-state index in [9.17, 15) is 9.59 Å². The minimum absolute atomic E-state index is 0.0397. The van der Waals surface area contributed by atoms with Gasteiger partial charge in [0.15, 0.2) is 11.5 Å². The van der Waals surface area contributed by atoms with E-state index >= 15 is 0 Å². The summed E-state index contributed by atoms with van der Waals surface area (Å²) in [5.41, 5.74) is 3.96. The Morgan fingerprint density at radius 1 is 1.17 bits per heavy atom. The molecule has 1 amide bonds. The molecule has 6 nitrogen and oxygen atoms in total. The second-order valence-electron chi connectivity index (χ2n) is 7.51. The molecule has 1 N–H and O–H groups in total. The Kier molecular flexibility index (Phi) is 5.65. The van der Waals surface area contributed by atoms with Gasteiger partial charge in [0, 0.05) is 24.5 Å². The highest BCUT2D eigenvalue weighted by Gasteiger charge is 2.25. The van der Waals surface area contributed by atoms with E-state index in [4.69, 9.17) is 9.26 Å². The predicted molar refractivity (Wildman–Crippen MR) is 113 cm³/mol. The number of aryl methyl sites for hydroxylation is 1. The summed E-state index contributed by atoms with van der Waals surface area (Å²) in [5, 5.41) is 6.70.